The Morgan fingerprint density at radius 1 is 1.30 bits per heavy atom. The fourth-order valence-electron chi connectivity index (χ4n) is 2.00. The molecule has 0 radical (unpaired) electrons. The molecule has 2 rings (SSSR count). The third-order valence-corrected chi connectivity index (χ3v) is 3.37. The van der Waals surface area contributed by atoms with E-state index < -0.39 is 12.0 Å². The quantitative estimate of drug-likeness (QED) is 0.896. The molecule has 1 aromatic carbocycles. The Balaban J connectivity index is 2.20. The molecule has 5 heteroatoms. The van der Waals surface area contributed by atoms with Crippen LogP contribution in [-0.2, 0) is 16.0 Å². The van der Waals surface area contributed by atoms with Crippen molar-refractivity contribution in [1.29, 1.82) is 0 Å². The number of carboxylic acids is 1. The molecule has 0 aliphatic carbocycles. The minimum atomic E-state index is -1.05. The summed E-state index contributed by atoms with van der Waals surface area (Å²) < 4.78 is 5.44. The van der Waals surface area contributed by atoms with Gasteiger partial charge in [0.1, 0.15) is 11.6 Å². The van der Waals surface area contributed by atoms with Crippen LogP contribution < -0.4 is 5.32 Å². The first-order chi connectivity index (χ1) is 9.38. The molecule has 2 N–H and O–H groups in total. The van der Waals surface area contributed by atoms with Crippen LogP contribution in [0.15, 0.2) is 22.8 Å². The minimum absolute atomic E-state index is 0.104. The van der Waals surface area contributed by atoms with Gasteiger partial charge in [-0.2, -0.15) is 0 Å². The largest absolute Gasteiger partial charge is 0.480 e. The van der Waals surface area contributed by atoms with Gasteiger partial charge in [-0.05, 0) is 44.0 Å². The monoisotopic (exact) mass is 275 g/mol. The molecule has 0 bridgehead atoms. The highest BCUT2D eigenvalue weighted by molar-refractivity contribution is 5.90. The van der Waals surface area contributed by atoms with Crippen molar-refractivity contribution in [3.8, 4) is 0 Å². The van der Waals surface area contributed by atoms with Crippen molar-refractivity contribution in [2.45, 2.75) is 33.2 Å². The first-order valence-corrected chi connectivity index (χ1v) is 6.38. The number of aryl methyl sites for hydroxylation is 2. The van der Waals surface area contributed by atoms with Crippen LogP contribution in [0.25, 0.3) is 11.0 Å². The summed E-state index contributed by atoms with van der Waals surface area (Å²) in [7, 11) is 0. The number of carbonyl (C=O) groups excluding carboxylic acids is 1. The summed E-state index contributed by atoms with van der Waals surface area (Å²) in [6.45, 7) is 5.43. The molecule has 0 aliphatic heterocycles. The Bertz CT molecular complexity index is 672. The third-order valence-electron chi connectivity index (χ3n) is 3.37. The highest BCUT2D eigenvalue weighted by Crippen LogP contribution is 2.25. The second-order valence-electron chi connectivity index (χ2n) is 5.00. The number of carbonyl (C=O) groups is 2. The standard InChI is InChI=1S/C15H17NO4/c1-8-4-12-11(7-20-13(12)5-9(8)2)6-14(17)16-10(3)15(18)19/h4-5,7,10H,6H2,1-3H3,(H,16,17)(H,18,19). The Labute approximate surface area is 116 Å². The Morgan fingerprint density at radius 2 is 1.95 bits per heavy atom. The van der Waals surface area contributed by atoms with Gasteiger partial charge in [0.2, 0.25) is 5.91 Å². The van der Waals surface area contributed by atoms with Crippen molar-refractivity contribution in [2.24, 2.45) is 0 Å². The van der Waals surface area contributed by atoms with Gasteiger partial charge in [0.15, 0.2) is 0 Å². The fourth-order valence-corrected chi connectivity index (χ4v) is 2.00. The topological polar surface area (TPSA) is 79.5 Å². The molecule has 0 aliphatic rings. The molecular formula is C15H17NO4. The second-order valence-corrected chi connectivity index (χ2v) is 5.00. The third kappa shape index (κ3) is 2.82. The normalized spacial score (nSPS) is 12.3. The maximum atomic E-state index is 11.8. The van der Waals surface area contributed by atoms with Gasteiger partial charge in [0.05, 0.1) is 12.7 Å². The number of nitrogens with one attached hydrogen (secondary N) is 1. The lowest BCUT2D eigenvalue weighted by Gasteiger charge is -2.08. The number of carboxylic acid groups (broad SMARTS) is 1. The molecule has 0 fully saturated rings. The van der Waals surface area contributed by atoms with E-state index in [2.05, 4.69) is 5.32 Å². The SMILES string of the molecule is Cc1cc2occ(CC(=O)NC(C)C(=O)O)c2cc1C. The highest BCUT2D eigenvalue weighted by Gasteiger charge is 2.16. The van der Waals surface area contributed by atoms with Gasteiger partial charge in [-0.25, -0.2) is 0 Å². The molecule has 1 atom stereocenters. The van der Waals surface area contributed by atoms with Crippen LogP contribution in [0.1, 0.15) is 23.6 Å². The van der Waals surface area contributed by atoms with E-state index in [0.29, 0.717) is 0 Å². The van der Waals surface area contributed by atoms with Crippen molar-refractivity contribution in [2.75, 3.05) is 0 Å². The molecule has 2 aromatic rings. The van der Waals surface area contributed by atoms with Crippen LogP contribution in [0.4, 0.5) is 0 Å². The number of hydrogen-bond donors (Lipinski definition) is 2. The van der Waals surface area contributed by atoms with Crippen LogP contribution in [-0.4, -0.2) is 23.0 Å². The van der Waals surface area contributed by atoms with E-state index in [4.69, 9.17) is 9.52 Å². The molecule has 1 amide bonds. The van der Waals surface area contributed by atoms with E-state index in [9.17, 15) is 9.59 Å². The summed E-state index contributed by atoms with van der Waals surface area (Å²) in [5.41, 5.74) is 3.75. The summed E-state index contributed by atoms with van der Waals surface area (Å²) in [6.07, 6.45) is 1.65. The molecule has 0 saturated heterocycles. The number of hydrogen-bond acceptors (Lipinski definition) is 3. The number of benzene rings is 1. The molecule has 1 aromatic heterocycles. The first-order valence-electron chi connectivity index (χ1n) is 6.38. The van der Waals surface area contributed by atoms with E-state index in [-0.39, 0.29) is 12.3 Å². The maximum Gasteiger partial charge on any atom is 0.325 e. The summed E-state index contributed by atoms with van der Waals surface area (Å²) in [5.74, 6) is -1.39. The Morgan fingerprint density at radius 3 is 2.60 bits per heavy atom. The zero-order valence-corrected chi connectivity index (χ0v) is 11.7. The molecule has 20 heavy (non-hydrogen) atoms. The van der Waals surface area contributed by atoms with E-state index in [1.54, 1.807) is 6.26 Å². The van der Waals surface area contributed by atoms with Crippen LogP contribution >= 0.6 is 0 Å². The predicted octanol–water partition coefficient (Wildman–Crippen LogP) is 2.18. The summed E-state index contributed by atoms with van der Waals surface area (Å²) in [5, 5.41) is 12.1. The highest BCUT2D eigenvalue weighted by atomic mass is 16.4. The van der Waals surface area contributed by atoms with Crippen LogP contribution in [0.5, 0.6) is 0 Å². The number of rotatable bonds is 4. The zero-order valence-electron chi connectivity index (χ0n) is 11.7. The summed E-state index contributed by atoms with van der Waals surface area (Å²) >= 11 is 0. The van der Waals surface area contributed by atoms with E-state index in [0.717, 1.165) is 27.7 Å². The van der Waals surface area contributed by atoms with Gasteiger partial charge in [0.25, 0.3) is 0 Å². The average molecular weight is 275 g/mol. The maximum absolute atomic E-state index is 11.8. The second kappa shape index (κ2) is 5.36. The number of aliphatic carboxylic acids is 1. The Hall–Kier alpha value is -2.30. The zero-order chi connectivity index (χ0) is 14.9. The van der Waals surface area contributed by atoms with Gasteiger partial charge in [-0.3, -0.25) is 9.59 Å². The van der Waals surface area contributed by atoms with Crippen LogP contribution in [0, 0.1) is 13.8 Å². The van der Waals surface area contributed by atoms with Crippen molar-refractivity contribution in [3.05, 3.63) is 35.1 Å². The van der Waals surface area contributed by atoms with Crippen molar-refractivity contribution < 1.29 is 19.1 Å². The van der Waals surface area contributed by atoms with E-state index in [1.165, 1.54) is 6.92 Å². The molecule has 1 heterocycles. The van der Waals surface area contributed by atoms with Crippen molar-refractivity contribution >= 4 is 22.8 Å². The predicted molar refractivity (Wildman–Crippen MR) is 74.6 cm³/mol. The van der Waals surface area contributed by atoms with Gasteiger partial charge < -0.3 is 14.8 Å². The molecule has 106 valence electrons. The van der Waals surface area contributed by atoms with Gasteiger partial charge >= 0.3 is 5.97 Å². The lowest BCUT2D eigenvalue weighted by Crippen LogP contribution is -2.39. The number of furan rings is 1. The molecule has 0 saturated carbocycles. The van der Waals surface area contributed by atoms with Gasteiger partial charge in [-0.1, -0.05) is 0 Å². The van der Waals surface area contributed by atoms with Crippen molar-refractivity contribution in [1.82, 2.24) is 5.32 Å². The lowest BCUT2D eigenvalue weighted by atomic mass is 10.0. The van der Waals surface area contributed by atoms with Crippen LogP contribution in [0.3, 0.4) is 0 Å². The summed E-state index contributed by atoms with van der Waals surface area (Å²) in [6, 6.07) is 3.02. The fraction of sp³-hybridized carbons (Fsp3) is 0.333. The number of fused-ring (bicyclic) bond motifs is 1. The average Bonchev–Trinajstić information content (AvgIpc) is 2.72. The Kier molecular flexibility index (Phi) is 3.79. The first kappa shape index (κ1) is 14.1. The molecular weight excluding hydrogens is 258 g/mol. The molecule has 0 spiro atoms. The van der Waals surface area contributed by atoms with Crippen LogP contribution in [0.2, 0.25) is 0 Å². The van der Waals surface area contributed by atoms with E-state index in [1.807, 2.05) is 26.0 Å². The van der Waals surface area contributed by atoms with Gasteiger partial charge in [0, 0.05) is 10.9 Å². The minimum Gasteiger partial charge on any atom is -0.480 e. The van der Waals surface area contributed by atoms with E-state index >= 15 is 0 Å². The van der Waals surface area contributed by atoms with Crippen molar-refractivity contribution in [3.63, 3.8) is 0 Å². The molecule has 5 nitrogen and oxygen atoms in total. The smallest absolute Gasteiger partial charge is 0.325 e. The van der Waals surface area contributed by atoms with Gasteiger partial charge in [-0.15, -0.1) is 0 Å². The summed E-state index contributed by atoms with van der Waals surface area (Å²) in [4.78, 5) is 22.5. The number of amides is 1. The lowest BCUT2D eigenvalue weighted by molar-refractivity contribution is -0.141. The molecule has 1 unspecified atom stereocenters.